The van der Waals surface area contributed by atoms with Crippen LogP contribution in [0.2, 0.25) is 0 Å². The number of carbonyl (C=O) groups is 1. The molecule has 0 saturated heterocycles. The Morgan fingerprint density at radius 2 is 2.31 bits per heavy atom. The molecule has 0 spiro atoms. The monoisotopic (exact) mass is 220 g/mol. The van der Waals surface area contributed by atoms with Crippen LogP contribution < -0.4 is 0 Å². The van der Waals surface area contributed by atoms with Gasteiger partial charge in [-0.3, -0.25) is 0 Å². The number of rotatable bonds is 1. The average molecular weight is 220 g/mol. The lowest BCUT2D eigenvalue weighted by Gasteiger charge is -2.14. The van der Waals surface area contributed by atoms with Gasteiger partial charge in [-0.05, 0) is 12.1 Å². The second kappa shape index (κ2) is 2.99. The van der Waals surface area contributed by atoms with Gasteiger partial charge in [0.25, 0.3) is 0 Å². The highest BCUT2D eigenvalue weighted by Gasteiger charge is 2.30. The van der Waals surface area contributed by atoms with E-state index in [1.165, 1.54) is 12.3 Å². The summed E-state index contributed by atoms with van der Waals surface area (Å²) in [5.41, 5.74) is 1.22. The Morgan fingerprint density at radius 1 is 1.50 bits per heavy atom. The summed E-state index contributed by atoms with van der Waals surface area (Å²) in [5, 5.41) is 18.6. The van der Waals surface area contributed by atoms with Crippen LogP contribution in [0.5, 0.6) is 0 Å². The zero-order chi connectivity index (χ0) is 11.3. The van der Waals surface area contributed by atoms with Crippen LogP contribution in [-0.4, -0.2) is 16.2 Å². The quantitative estimate of drug-likeness (QED) is 0.765. The molecule has 0 fully saturated rings. The molecule has 5 nitrogen and oxygen atoms in total. The smallest absolute Gasteiger partial charge is 0.371 e. The zero-order valence-electron chi connectivity index (χ0n) is 8.14. The summed E-state index contributed by atoms with van der Waals surface area (Å²) in [6, 6.07) is 3.06. The third-order valence-corrected chi connectivity index (χ3v) is 2.70. The van der Waals surface area contributed by atoms with E-state index in [4.69, 9.17) is 13.9 Å². The maximum Gasteiger partial charge on any atom is 0.371 e. The minimum absolute atomic E-state index is 0.168. The fourth-order valence-corrected chi connectivity index (χ4v) is 1.96. The van der Waals surface area contributed by atoms with Crippen LogP contribution in [0.15, 0.2) is 27.2 Å². The zero-order valence-corrected chi connectivity index (χ0v) is 8.14. The molecule has 82 valence electrons. The fourth-order valence-electron chi connectivity index (χ4n) is 1.96. The molecule has 0 saturated carbocycles. The molecule has 2 aromatic heterocycles. The first-order valence-corrected chi connectivity index (χ1v) is 4.78. The van der Waals surface area contributed by atoms with E-state index in [2.05, 4.69) is 0 Å². The van der Waals surface area contributed by atoms with E-state index in [0.717, 1.165) is 0 Å². The molecular formula is C11H8O5. The maximum atomic E-state index is 10.8. The van der Waals surface area contributed by atoms with Crippen molar-refractivity contribution in [1.29, 1.82) is 0 Å². The van der Waals surface area contributed by atoms with Crippen LogP contribution in [0.3, 0.4) is 0 Å². The second-order valence-electron chi connectivity index (χ2n) is 3.68. The summed E-state index contributed by atoms with van der Waals surface area (Å²) in [4.78, 5) is 10.8. The van der Waals surface area contributed by atoms with Crippen molar-refractivity contribution in [1.82, 2.24) is 0 Å². The summed E-state index contributed by atoms with van der Waals surface area (Å²) >= 11 is 0. The van der Waals surface area contributed by atoms with Gasteiger partial charge in [-0.15, -0.1) is 0 Å². The van der Waals surface area contributed by atoms with E-state index in [1.54, 1.807) is 6.07 Å². The maximum absolute atomic E-state index is 10.8. The number of carboxylic acid groups (broad SMARTS) is 1. The van der Waals surface area contributed by atoms with Crippen molar-refractivity contribution in [3.63, 3.8) is 0 Å². The highest BCUT2D eigenvalue weighted by Crippen LogP contribution is 2.40. The third kappa shape index (κ3) is 1.12. The van der Waals surface area contributed by atoms with Crippen molar-refractivity contribution < 1.29 is 23.8 Å². The molecule has 2 heterocycles. The minimum Gasteiger partial charge on any atom is -0.475 e. The first-order valence-electron chi connectivity index (χ1n) is 4.78. The Morgan fingerprint density at radius 3 is 3.06 bits per heavy atom. The highest BCUT2D eigenvalue weighted by atomic mass is 16.4. The molecule has 1 aliphatic rings. The number of aliphatic hydroxyl groups is 1. The lowest BCUT2D eigenvalue weighted by Crippen LogP contribution is -2.06. The van der Waals surface area contributed by atoms with Gasteiger partial charge >= 0.3 is 5.97 Å². The molecule has 0 aromatic carbocycles. The van der Waals surface area contributed by atoms with E-state index < -0.39 is 12.1 Å². The first kappa shape index (κ1) is 9.23. The molecule has 1 aliphatic carbocycles. The topological polar surface area (TPSA) is 83.8 Å². The number of aromatic carboxylic acids is 1. The third-order valence-electron chi connectivity index (χ3n) is 2.70. The van der Waals surface area contributed by atoms with Crippen LogP contribution in [0.25, 0.3) is 11.3 Å². The van der Waals surface area contributed by atoms with Crippen molar-refractivity contribution in [2.24, 2.45) is 0 Å². The summed E-state index contributed by atoms with van der Waals surface area (Å²) in [6.45, 7) is 0. The number of carboxylic acids is 1. The van der Waals surface area contributed by atoms with Gasteiger partial charge in [-0.2, -0.15) is 0 Å². The standard InChI is InChI=1S/C11H8O5/c12-7-4-8-5(1-2-15-8)10-6(7)3-9(16-10)11(13)14/h1-3,7,12H,4H2,(H,13,14). The molecule has 2 N–H and O–H groups in total. The van der Waals surface area contributed by atoms with Crippen molar-refractivity contribution in [2.45, 2.75) is 12.5 Å². The van der Waals surface area contributed by atoms with Gasteiger partial charge in [0, 0.05) is 12.0 Å². The predicted molar refractivity (Wildman–Crippen MR) is 52.0 cm³/mol. The number of aliphatic hydroxyl groups excluding tert-OH is 1. The summed E-state index contributed by atoms with van der Waals surface area (Å²) in [7, 11) is 0. The van der Waals surface area contributed by atoms with E-state index in [0.29, 0.717) is 29.1 Å². The SMILES string of the molecule is O=C(O)c1cc2c(o1)-c1ccoc1CC2O. The van der Waals surface area contributed by atoms with Gasteiger partial charge in [0.1, 0.15) is 11.5 Å². The molecule has 1 atom stereocenters. The van der Waals surface area contributed by atoms with E-state index in [1.807, 2.05) is 0 Å². The largest absolute Gasteiger partial charge is 0.475 e. The summed E-state index contributed by atoms with van der Waals surface area (Å²) in [6.07, 6.45) is 1.06. The van der Waals surface area contributed by atoms with Gasteiger partial charge < -0.3 is 19.0 Å². The Labute approximate surface area is 89.9 Å². The van der Waals surface area contributed by atoms with Crippen LogP contribution in [0.1, 0.15) is 28.0 Å². The second-order valence-corrected chi connectivity index (χ2v) is 3.68. The predicted octanol–water partition coefficient (Wildman–Crippen LogP) is 1.83. The van der Waals surface area contributed by atoms with Crippen LogP contribution >= 0.6 is 0 Å². The summed E-state index contributed by atoms with van der Waals surface area (Å²) < 4.78 is 10.4. The van der Waals surface area contributed by atoms with Gasteiger partial charge in [0.15, 0.2) is 0 Å². The van der Waals surface area contributed by atoms with Crippen molar-refractivity contribution in [2.75, 3.05) is 0 Å². The lowest BCUT2D eigenvalue weighted by atomic mass is 9.94. The Kier molecular flexibility index (Phi) is 1.73. The molecule has 0 aliphatic heterocycles. The van der Waals surface area contributed by atoms with E-state index >= 15 is 0 Å². The molecule has 0 radical (unpaired) electrons. The number of hydrogen-bond acceptors (Lipinski definition) is 4. The molecular weight excluding hydrogens is 212 g/mol. The van der Waals surface area contributed by atoms with Gasteiger partial charge in [-0.1, -0.05) is 0 Å². The van der Waals surface area contributed by atoms with E-state index in [-0.39, 0.29) is 5.76 Å². The van der Waals surface area contributed by atoms with Crippen molar-refractivity contribution in [3.05, 3.63) is 35.5 Å². The van der Waals surface area contributed by atoms with Crippen LogP contribution in [-0.2, 0) is 6.42 Å². The molecule has 1 unspecified atom stereocenters. The van der Waals surface area contributed by atoms with Crippen LogP contribution in [0.4, 0.5) is 0 Å². The molecule has 2 aromatic rings. The van der Waals surface area contributed by atoms with E-state index in [9.17, 15) is 9.90 Å². The van der Waals surface area contributed by atoms with Gasteiger partial charge in [-0.25, -0.2) is 4.79 Å². The van der Waals surface area contributed by atoms with Crippen molar-refractivity contribution in [3.8, 4) is 11.3 Å². The van der Waals surface area contributed by atoms with Crippen LogP contribution in [0, 0.1) is 0 Å². The molecule has 5 heteroatoms. The average Bonchev–Trinajstić information content (AvgIpc) is 2.80. The lowest BCUT2D eigenvalue weighted by molar-refractivity contribution is 0.0663. The normalized spacial score (nSPS) is 17.9. The van der Waals surface area contributed by atoms with Crippen molar-refractivity contribution >= 4 is 5.97 Å². The first-order chi connectivity index (χ1) is 7.66. The molecule has 3 rings (SSSR count). The summed E-state index contributed by atoms with van der Waals surface area (Å²) in [5.74, 6) is -0.309. The Balaban J connectivity index is 2.23. The number of fused-ring (bicyclic) bond motifs is 3. The number of hydrogen-bond donors (Lipinski definition) is 2. The Bertz CT molecular complexity index is 563. The molecule has 0 bridgehead atoms. The van der Waals surface area contributed by atoms with Gasteiger partial charge in [0.2, 0.25) is 5.76 Å². The minimum atomic E-state index is -1.15. The molecule has 0 amide bonds. The number of furan rings is 2. The highest BCUT2D eigenvalue weighted by molar-refractivity contribution is 5.86. The Hall–Kier alpha value is -2.01. The fraction of sp³-hybridized carbons (Fsp3) is 0.182. The van der Waals surface area contributed by atoms with Gasteiger partial charge in [0.05, 0.1) is 17.9 Å². The molecule has 16 heavy (non-hydrogen) atoms.